The third-order valence-electron chi connectivity index (χ3n) is 5.32. The Morgan fingerprint density at radius 2 is 1.71 bits per heavy atom. The fourth-order valence-corrected chi connectivity index (χ4v) is 3.67. The molecule has 5 nitrogen and oxygen atoms in total. The Labute approximate surface area is 165 Å². The lowest BCUT2D eigenvalue weighted by Crippen LogP contribution is -2.13. The summed E-state index contributed by atoms with van der Waals surface area (Å²) in [7, 11) is 0. The maximum Gasteiger partial charge on any atom is 0.255 e. The summed E-state index contributed by atoms with van der Waals surface area (Å²) >= 11 is 0. The summed E-state index contributed by atoms with van der Waals surface area (Å²) in [5.74, 6) is 0.683. The van der Waals surface area contributed by atoms with Crippen LogP contribution in [0, 0.1) is 12.8 Å². The molecule has 0 radical (unpaired) electrons. The molecule has 3 aromatic rings. The van der Waals surface area contributed by atoms with Gasteiger partial charge in [0.1, 0.15) is 0 Å². The van der Waals surface area contributed by atoms with Crippen LogP contribution in [-0.4, -0.2) is 22.2 Å². The van der Waals surface area contributed by atoms with Gasteiger partial charge in [-0.15, -0.1) is 0 Å². The van der Waals surface area contributed by atoms with Gasteiger partial charge >= 0.3 is 0 Å². The summed E-state index contributed by atoms with van der Waals surface area (Å²) in [4.78, 5) is 12.5. The van der Waals surface area contributed by atoms with Crippen LogP contribution in [0.5, 0.6) is 0 Å². The zero-order valence-corrected chi connectivity index (χ0v) is 16.2. The highest BCUT2D eigenvalue weighted by molar-refractivity contribution is 6.04. The maximum atomic E-state index is 12.5. The Morgan fingerprint density at radius 1 is 1.04 bits per heavy atom. The van der Waals surface area contributed by atoms with E-state index in [4.69, 9.17) is 0 Å². The lowest BCUT2D eigenvalue weighted by Gasteiger charge is -2.12. The van der Waals surface area contributed by atoms with E-state index >= 15 is 0 Å². The minimum atomic E-state index is -0.116. The number of nitrogens with one attached hydrogen (secondary N) is 2. The van der Waals surface area contributed by atoms with E-state index in [-0.39, 0.29) is 5.91 Å². The van der Waals surface area contributed by atoms with Crippen molar-refractivity contribution in [3.05, 3.63) is 72.1 Å². The van der Waals surface area contributed by atoms with Gasteiger partial charge in [0.2, 0.25) is 0 Å². The van der Waals surface area contributed by atoms with Crippen LogP contribution in [0.25, 0.3) is 5.69 Å². The molecule has 28 heavy (non-hydrogen) atoms. The lowest BCUT2D eigenvalue weighted by atomic mass is 10.1. The Kier molecular flexibility index (Phi) is 5.42. The maximum absolute atomic E-state index is 12.5. The van der Waals surface area contributed by atoms with E-state index in [1.165, 1.54) is 25.7 Å². The molecule has 1 saturated carbocycles. The minimum absolute atomic E-state index is 0.116. The van der Waals surface area contributed by atoms with E-state index in [2.05, 4.69) is 15.7 Å². The number of hydrogen-bond acceptors (Lipinski definition) is 3. The zero-order chi connectivity index (χ0) is 19.3. The van der Waals surface area contributed by atoms with Gasteiger partial charge in [-0.25, -0.2) is 4.68 Å². The van der Waals surface area contributed by atoms with Crippen LogP contribution in [0.1, 0.15) is 41.6 Å². The quantitative estimate of drug-likeness (QED) is 0.636. The average molecular weight is 374 g/mol. The Balaban J connectivity index is 1.33. The van der Waals surface area contributed by atoms with Gasteiger partial charge in [-0.05, 0) is 79.8 Å². The van der Waals surface area contributed by atoms with Crippen molar-refractivity contribution in [3.63, 3.8) is 0 Å². The van der Waals surface area contributed by atoms with Crippen LogP contribution in [0.3, 0.4) is 0 Å². The van der Waals surface area contributed by atoms with Gasteiger partial charge in [-0.2, -0.15) is 5.10 Å². The Hall–Kier alpha value is -3.08. The van der Waals surface area contributed by atoms with Crippen molar-refractivity contribution in [1.82, 2.24) is 9.78 Å². The monoisotopic (exact) mass is 374 g/mol. The fraction of sp³-hybridized carbons (Fsp3) is 0.304. The SMILES string of the molecule is Cc1cnn(-c2ccc(C(=O)Nc3ccc(NCC4CCCC4)cc3)cc2)c1. The molecule has 0 aliphatic heterocycles. The van der Waals surface area contributed by atoms with Crippen molar-refractivity contribution in [2.45, 2.75) is 32.6 Å². The molecule has 144 valence electrons. The predicted molar refractivity (Wildman–Crippen MR) is 113 cm³/mol. The Morgan fingerprint density at radius 3 is 2.36 bits per heavy atom. The highest BCUT2D eigenvalue weighted by Crippen LogP contribution is 2.25. The van der Waals surface area contributed by atoms with Gasteiger partial charge in [-0.3, -0.25) is 4.79 Å². The molecular weight excluding hydrogens is 348 g/mol. The number of carbonyl (C=O) groups is 1. The normalized spacial score (nSPS) is 14.2. The first-order chi connectivity index (χ1) is 13.7. The smallest absolute Gasteiger partial charge is 0.255 e. The summed E-state index contributed by atoms with van der Waals surface area (Å²) in [6, 6.07) is 15.4. The van der Waals surface area contributed by atoms with Crippen LogP contribution in [-0.2, 0) is 0 Å². The lowest BCUT2D eigenvalue weighted by molar-refractivity contribution is 0.102. The number of amides is 1. The standard InChI is InChI=1S/C23H26N4O/c1-17-14-25-27(16-17)22-12-6-19(7-13-22)23(28)26-21-10-8-20(9-11-21)24-15-18-4-2-3-5-18/h6-14,16,18,24H,2-5,15H2,1H3,(H,26,28). The fourth-order valence-electron chi connectivity index (χ4n) is 3.67. The van der Waals surface area contributed by atoms with Crippen molar-refractivity contribution >= 4 is 17.3 Å². The van der Waals surface area contributed by atoms with Gasteiger partial charge in [0, 0.05) is 29.7 Å². The second-order valence-corrected chi connectivity index (χ2v) is 7.57. The molecule has 1 aliphatic rings. The molecule has 1 amide bonds. The van der Waals surface area contributed by atoms with Crippen molar-refractivity contribution in [1.29, 1.82) is 0 Å². The molecule has 1 fully saturated rings. The minimum Gasteiger partial charge on any atom is -0.385 e. The van der Waals surface area contributed by atoms with E-state index in [0.717, 1.165) is 35.1 Å². The first-order valence-electron chi connectivity index (χ1n) is 9.94. The van der Waals surface area contributed by atoms with E-state index in [1.54, 1.807) is 4.68 Å². The number of carbonyl (C=O) groups excluding carboxylic acids is 1. The molecule has 0 atom stereocenters. The zero-order valence-electron chi connectivity index (χ0n) is 16.2. The summed E-state index contributed by atoms with van der Waals surface area (Å²) in [6.45, 7) is 3.04. The van der Waals surface area contributed by atoms with Gasteiger partial charge in [0.25, 0.3) is 5.91 Å². The largest absolute Gasteiger partial charge is 0.385 e. The highest BCUT2D eigenvalue weighted by atomic mass is 16.1. The molecule has 5 heteroatoms. The third-order valence-corrected chi connectivity index (χ3v) is 5.32. The number of aromatic nitrogens is 2. The molecule has 0 spiro atoms. The van der Waals surface area contributed by atoms with E-state index in [0.29, 0.717) is 5.56 Å². The summed E-state index contributed by atoms with van der Waals surface area (Å²) in [5, 5.41) is 10.7. The van der Waals surface area contributed by atoms with Crippen LogP contribution in [0.4, 0.5) is 11.4 Å². The van der Waals surface area contributed by atoms with E-state index in [9.17, 15) is 4.79 Å². The van der Waals surface area contributed by atoms with E-state index in [1.807, 2.05) is 67.8 Å². The third kappa shape index (κ3) is 4.42. The van der Waals surface area contributed by atoms with Crippen LogP contribution in [0.15, 0.2) is 60.9 Å². The van der Waals surface area contributed by atoms with Crippen molar-refractivity contribution in [2.24, 2.45) is 5.92 Å². The second kappa shape index (κ2) is 8.30. The number of anilines is 2. The molecule has 4 rings (SSSR count). The van der Waals surface area contributed by atoms with E-state index < -0.39 is 0 Å². The molecule has 1 aliphatic carbocycles. The van der Waals surface area contributed by atoms with Crippen LogP contribution < -0.4 is 10.6 Å². The first-order valence-corrected chi connectivity index (χ1v) is 9.94. The molecule has 0 bridgehead atoms. The number of rotatable bonds is 6. The molecule has 2 aromatic carbocycles. The molecule has 0 saturated heterocycles. The molecular formula is C23H26N4O. The van der Waals surface area contributed by atoms with Crippen molar-refractivity contribution < 1.29 is 4.79 Å². The first kappa shape index (κ1) is 18.3. The predicted octanol–water partition coefficient (Wildman–Crippen LogP) is 5.04. The highest BCUT2D eigenvalue weighted by Gasteiger charge is 2.14. The summed E-state index contributed by atoms with van der Waals surface area (Å²) in [5.41, 5.74) is 4.55. The molecule has 1 aromatic heterocycles. The van der Waals surface area contributed by atoms with Gasteiger partial charge in [-0.1, -0.05) is 12.8 Å². The topological polar surface area (TPSA) is 59.0 Å². The van der Waals surface area contributed by atoms with Crippen molar-refractivity contribution in [2.75, 3.05) is 17.2 Å². The summed E-state index contributed by atoms with van der Waals surface area (Å²) in [6.07, 6.45) is 9.16. The molecule has 1 heterocycles. The number of benzene rings is 2. The number of aryl methyl sites for hydroxylation is 1. The Bertz CT molecular complexity index is 922. The summed E-state index contributed by atoms with van der Waals surface area (Å²) < 4.78 is 1.80. The molecule has 2 N–H and O–H groups in total. The van der Waals surface area contributed by atoms with Crippen molar-refractivity contribution in [3.8, 4) is 5.69 Å². The van der Waals surface area contributed by atoms with Gasteiger partial charge < -0.3 is 10.6 Å². The average Bonchev–Trinajstić information content (AvgIpc) is 3.39. The number of nitrogens with zero attached hydrogens (tertiary/aromatic N) is 2. The second-order valence-electron chi connectivity index (χ2n) is 7.57. The number of hydrogen-bond donors (Lipinski definition) is 2. The van der Waals surface area contributed by atoms with Crippen LogP contribution >= 0.6 is 0 Å². The van der Waals surface area contributed by atoms with Gasteiger partial charge in [0.05, 0.1) is 11.9 Å². The molecule has 0 unspecified atom stereocenters. The van der Waals surface area contributed by atoms with Gasteiger partial charge in [0.15, 0.2) is 0 Å². The van der Waals surface area contributed by atoms with Crippen LogP contribution in [0.2, 0.25) is 0 Å².